The third-order valence-corrected chi connectivity index (χ3v) is 9.68. The lowest BCUT2D eigenvalue weighted by Gasteiger charge is -2.18. The van der Waals surface area contributed by atoms with Crippen molar-refractivity contribution < 1.29 is 28.6 Å². The van der Waals surface area contributed by atoms with Crippen LogP contribution >= 0.6 is 0 Å². The first kappa shape index (κ1) is 55.3. The summed E-state index contributed by atoms with van der Waals surface area (Å²) in [6.07, 6.45) is 61.1. The van der Waals surface area contributed by atoms with E-state index >= 15 is 0 Å². The Hall–Kier alpha value is -3.67. The molecule has 0 aliphatic heterocycles. The van der Waals surface area contributed by atoms with Crippen molar-refractivity contribution in [3.05, 3.63) is 97.2 Å². The summed E-state index contributed by atoms with van der Waals surface area (Å²) < 4.78 is 16.6. The molecule has 6 heteroatoms. The Morgan fingerprint density at radius 2 is 0.763 bits per heavy atom. The third kappa shape index (κ3) is 45.3. The lowest BCUT2D eigenvalue weighted by atomic mass is 10.1. The number of carbonyl (C=O) groups is 3. The molecule has 1 unspecified atom stereocenters. The normalized spacial score (nSPS) is 12.9. The molecule has 0 aliphatic carbocycles. The number of ether oxygens (including phenoxy) is 3. The SMILES string of the molecule is CC\C=C/C=C\C=C/C=C\CCCCCC(=O)OC(COC(=O)CC/C=C\C/C=C\CCCCCCCC)COC(=O)CCCCCCCC/C=C\C=C/CCCCC. The van der Waals surface area contributed by atoms with Gasteiger partial charge in [-0.2, -0.15) is 0 Å². The molecule has 59 heavy (non-hydrogen) atoms. The van der Waals surface area contributed by atoms with Crippen molar-refractivity contribution in [1.29, 1.82) is 0 Å². The summed E-state index contributed by atoms with van der Waals surface area (Å²) in [5, 5.41) is 0. The first-order chi connectivity index (χ1) is 29.0. The van der Waals surface area contributed by atoms with Gasteiger partial charge in [-0.25, -0.2) is 0 Å². The summed E-state index contributed by atoms with van der Waals surface area (Å²) in [6, 6.07) is 0. The minimum Gasteiger partial charge on any atom is -0.462 e. The number of esters is 3. The van der Waals surface area contributed by atoms with Gasteiger partial charge in [-0.15, -0.1) is 0 Å². The van der Waals surface area contributed by atoms with Crippen LogP contribution in [0.1, 0.15) is 201 Å². The Labute approximate surface area is 362 Å². The second-order valence-corrected chi connectivity index (χ2v) is 15.4. The first-order valence-corrected chi connectivity index (χ1v) is 23.8. The van der Waals surface area contributed by atoms with Crippen molar-refractivity contribution in [1.82, 2.24) is 0 Å². The van der Waals surface area contributed by atoms with E-state index in [1.807, 2.05) is 42.5 Å². The van der Waals surface area contributed by atoms with Crippen molar-refractivity contribution >= 4 is 17.9 Å². The number of allylic oxidation sites excluding steroid dienone is 16. The summed E-state index contributed by atoms with van der Waals surface area (Å²) in [6.45, 7) is 6.34. The van der Waals surface area contributed by atoms with Crippen LogP contribution in [0.5, 0.6) is 0 Å². The topological polar surface area (TPSA) is 78.9 Å². The Bertz CT molecular complexity index is 1220. The summed E-state index contributed by atoms with van der Waals surface area (Å²) in [4.78, 5) is 37.8. The van der Waals surface area contributed by atoms with Gasteiger partial charge in [0.1, 0.15) is 13.2 Å². The third-order valence-electron chi connectivity index (χ3n) is 9.68. The molecule has 334 valence electrons. The van der Waals surface area contributed by atoms with Crippen molar-refractivity contribution in [2.75, 3.05) is 13.2 Å². The Morgan fingerprint density at radius 1 is 0.373 bits per heavy atom. The van der Waals surface area contributed by atoms with E-state index in [1.54, 1.807) is 0 Å². The first-order valence-electron chi connectivity index (χ1n) is 23.8. The molecule has 0 amide bonds. The molecule has 0 spiro atoms. The fraction of sp³-hybridized carbons (Fsp3) is 0.642. The van der Waals surface area contributed by atoms with Crippen LogP contribution < -0.4 is 0 Å². The molecular weight excluding hydrogens is 733 g/mol. The highest BCUT2D eigenvalue weighted by Gasteiger charge is 2.19. The molecule has 0 rings (SSSR count). The molecule has 6 nitrogen and oxygen atoms in total. The molecule has 0 aromatic rings. The minimum atomic E-state index is -0.824. The standard InChI is InChI=1S/C53H86O6/c1-4-7-10-13-16-19-22-25-26-29-31-34-37-40-43-46-52(55)58-49-50(59-53(56)47-44-41-38-35-32-28-24-21-18-15-12-9-6-3)48-57-51(54)45-42-39-36-33-30-27-23-20-17-14-11-8-5-2/h9,12,15-16,18-19,21-22,24-25,27-28,30,32,36,39,50H,4-8,10-11,13-14,17,20,23,26,29,31,33-35,37-38,40-49H2,1-3H3/b12-9-,18-15-,19-16-,24-21-,25-22-,30-27-,32-28-,39-36-. The van der Waals surface area contributed by atoms with E-state index in [0.29, 0.717) is 19.3 Å². The number of hydrogen-bond donors (Lipinski definition) is 0. The van der Waals surface area contributed by atoms with Gasteiger partial charge >= 0.3 is 17.9 Å². The summed E-state index contributed by atoms with van der Waals surface area (Å²) >= 11 is 0. The van der Waals surface area contributed by atoms with Crippen LogP contribution in [-0.2, 0) is 28.6 Å². The van der Waals surface area contributed by atoms with Gasteiger partial charge in [0, 0.05) is 19.3 Å². The van der Waals surface area contributed by atoms with Crippen molar-refractivity contribution in [3.63, 3.8) is 0 Å². The Kier molecular flexibility index (Phi) is 44.1. The van der Waals surface area contributed by atoms with Crippen LogP contribution in [0.2, 0.25) is 0 Å². The molecule has 0 aliphatic rings. The second kappa shape index (κ2) is 47.0. The monoisotopic (exact) mass is 819 g/mol. The zero-order valence-corrected chi connectivity index (χ0v) is 38.0. The maximum absolute atomic E-state index is 12.7. The van der Waals surface area contributed by atoms with Crippen LogP contribution in [0.15, 0.2) is 97.2 Å². The maximum atomic E-state index is 12.7. The van der Waals surface area contributed by atoms with Crippen molar-refractivity contribution in [3.8, 4) is 0 Å². The lowest BCUT2D eigenvalue weighted by molar-refractivity contribution is -0.166. The van der Waals surface area contributed by atoms with Crippen LogP contribution in [0.25, 0.3) is 0 Å². The molecule has 0 radical (unpaired) electrons. The van der Waals surface area contributed by atoms with E-state index in [1.165, 1.54) is 77.0 Å². The Balaban J connectivity index is 4.55. The molecule has 0 aromatic carbocycles. The van der Waals surface area contributed by atoms with Gasteiger partial charge < -0.3 is 14.2 Å². The number of unbranched alkanes of at least 4 members (excludes halogenated alkanes) is 18. The van der Waals surface area contributed by atoms with Gasteiger partial charge in [0.15, 0.2) is 6.10 Å². The summed E-state index contributed by atoms with van der Waals surface area (Å²) in [5.74, 6) is -1.05. The van der Waals surface area contributed by atoms with Crippen LogP contribution in [0, 0.1) is 0 Å². The van der Waals surface area contributed by atoms with Gasteiger partial charge in [-0.05, 0) is 83.5 Å². The van der Waals surface area contributed by atoms with Gasteiger partial charge in [0.25, 0.3) is 0 Å². The molecule has 0 heterocycles. The molecule has 0 saturated carbocycles. The highest BCUT2D eigenvalue weighted by atomic mass is 16.6. The average Bonchev–Trinajstić information content (AvgIpc) is 3.23. The Morgan fingerprint density at radius 3 is 1.34 bits per heavy atom. The van der Waals surface area contributed by atoms with E-state index in [4.69, 9.17) is 14.2 Å². The highest BCUT2D eigenvalue weighted by molar-refractivity contribution is 5.71. The number of hydrogen-bond acceptors (Lipinski definition) is 6. The predicted molar refractivity (Wildman–Crippen MR) is 251 cm³/mol. The predicted octanol–water partition coefficient (Wildman–Crippen LogP) is 15.4. The summed E-state index contributed by atoms with van der Waals surface area (Å²) in [5.41, 5.74) is 0. The van der Waals surface area contributed by atoms with Gasteiger partial charge in [0.2, 0.25) is 0 Å². The van der Waals surface area contributed by atoms with Gasteiger partial charge in [-0.3, -0.25) is 14.4 Å². The van der Waals surface area contributed by atoms with E-state index in [-0.39, 0.29) is 44.0 Å². The molecule has 0 N–H and O–H groups in total. The van der Waals surface area contributed by atoms with Gasteiger partial charge in [0.05, 0.1) is 0 Å². The number of rotatable bonds is 41. The summed E-state index contributed by atoms with van der Waals surface area (Å²) in [7, 11) is 0. The zero-order chi connectivity index (χ0) is 43.0. The van der Waals surface area contributed by atoms with E-state index < -0.39 is 6.10 Å². The molecule has 0 saturated heterocycles. The van der Waals surface area contributed by atoms with Crippen LogP contribution in [0.4, 0.5) is 0 Å². The fourth-order valence-corrected chi connectivity index (χ4v) is 6.08. The largest absolute Gasteiger partial charge is 0.462 e. The maximum Gasteiger partial charge on any atom is 0.306 e. The van der Waals surface area contributed by atoms with Crippen molar-refractivity contribution in [2.45, 2.75) is 207 Å². The van der Waals surface area contributed by atoms with Crippen LogP contribution in [-0.4, -0.2) is 37.2 Å². The van der Waals surface area contributed by atoms with E-state index in [2.05, 4.69) is 75.5 Å². The smallest absolute Gasteiger partial charge is 0.306 e. The molecule has 0 fully saturated rings. The van der Waals surface area contributed by atoms with E-state index in [9.17, 15) is 14.4 Å². The molecule has 0 bridgehead atoms. The van der Waals surface area contributed by atoms with E-state index in [0.717, 1.165) is 70.6 Å². The molecular formula is C53H86O6. The molecule has 0 aromatic heterocycles. The highest BCUT2D eigenvalue weighted by Crippen LogP contribution is 2.12. The quantitative estimate of drug-likeness (QED) is 0.0201. The van der Waals surface area contributed by atoms with Crippen LogP contribution in [0.3, 0.4) is 0 Å². The number of carbonyl (C=O) groups excluding carboxylic acids is 3. The van der Waals surface area contributed by atoms with Gasteiger partial charge in [-0.1, -0.05) is 195 Å². The molecule has 1 atom stereocenters. The lowest BCUT2D eigenvalue weighted by Crippen LogP contribution is -2.30. The fourth-order valence-electron chi connectivity index (χ4n) is 6.08. The zero-order valence-electron chi connectivity index (χ0n) is 38.0. The van der Waals surface area contributed by atoms with Crippen molar-refractivity contribution in [2.24, 2.45) is 0 Å². The average molecular weight is 819 g/mol. The second-order valence-electron chi connectivity index (χ2n) is 15.4. The minimum absolute atomic E-state index is 0.118.